The van der Waals surface area contributed by atoms with Gasteiger partial charge in [0.1, 0.15) is 0 Å². The van der Waals surface area contributed by atoms with Crippen molar-refractivity contribution in [3.05, 3.63) is 30.3 Å². The predicted octanol–water partition coefficient (Wildman–Crippen LogP) is 3.91. The van der Waals surface area contributed by atoms with Crippen LogP contribution in [-0.2, 0) is 4.79 Å². The maximum Gasteiger partial charge on any atom is 0.233 e. The molecule has 5 heteroatoms. The monoisotopic (exact) mass is 345 g/mol. The van der Waals surface area contributed by atoms with Crippen LogP contribution in [0.4, 0.5) is 5.69 Å². The molecule has 0 N–H and O–H groups in total. The zero-order valence-electron chi connectivity index (χ0n) is 14.3. The van der Waals surface area contributed by atoms with E-state index >= 15 is 0 Å². The van der Waals surface area contributed by atoms with E-state index in [-0.39, 0.29) is 5.91 Å². The number of carbonyl (C=O) groups is 1. The van der Waals surface area contributed by atoms with Gasteiger partial charge in [0.2, 0.25) is 5.91 Å². The molecule has 2 saturated heterocycles. The smallest absolute Gasteiger partial charge is 0.233 e. The summed E-state index contributed by atoms with van der Waals surface area (Å²) in [6, 6.07) is 10.1. The zero-order valence-corrected chi connectivity index (χ0v) is 15.1. The van der Waals surface area contributed by atoms with Crippen LogP contribution in [0.1, 0.15) is 38.5 Å². The van der Waals surface area contributed by atoms with Gasteiger partial charge in [0.15, 0.2) is 5.17 Å². The molecule has 0 aromatic heterocycles. The van der Waals surface area contributed by atoms with Gasteiger partial charge in [-0.15, -0.1) is 0 Å². The van der Waals surface area contributed by atoms with Crippen molar-refractivity contribution in [2.45, 2.75) is 38.5 Å². The van der Waals surface area contributed by atoms with Gasteiger partial charge in [-0.1, -0.05) is 42.8 Å². The minimum absolute atomic E-state index is 0.257. The highest BCUT2D eigenvalue weighted by atomic mass is 32.2. The molecule has 3 rings (SSSR count). The first-order valence-corrected chi connectivity index (χ1v) is 10.1. The summed E-state index contributed by atoms with van der Waals surface area (Å²) in [5.41, 5.74) is 0.970. The Balaban J connectivity index is 1.68. The Hall–Kier alpha value is -1.49. The number of para-hydroxylation sites is 1. The second kappa shape index (κ2) is 9.11. The average Bonchev–Trinajstić information content (AvgIpc) is 3.02. The van der Waals surface area contributed by atoms with Crippen LogP contribution >= 0.6 is 11.8 Å². The fourth-order valence-electron chi connectivity index (χ4n) is 3.25. The van der Waals surface area contributed by atoms with E-state index in [1.54, 1.807) is 11.8 Å². The van der Waals surface area contributed by atoms with Crippen LogP contribution in [-0.4, -0.2) is 52.8 Å². The number of carbonyl (C=O) groups excluding carboxylic acids is 1. The highest BCUT2D eigenvalue weighted by Crippen LogP contribution is 2.21. The Morgan fingerprint density at radius 3 is 2.12 bits per heavy atom. The molecule has 1 amide bonds. The lowest BCUT2D eigenvalue weighted by Crippen LogP contribution is -2.33. The highest BCUT2D eigenvalue weighted by Gasteiger charge is 2.21. The van der Waals surface area contributed by atoms with Crippen molar-refractivity contribution < 1.29 is 4.79 Å². The molecule has 2 fully saturated rings. The summed E-state index contributed by atoms with van der Waals surface area (Å²) in [5, 5.41) is 1.01. The summed E-state index contributed by atoms with van der Waals surface area (Å²) in [6.07, 6.45) is 7.32. The van der Waals surface area contributed by atoms with Gasteiger partial charge in [-0.25, -0.2) is 4.99 Å². The molecule has 0 saturated carbocycles. The number of likely N-dealkylation sites (tertiary alicyclic amines) is 2. The van der Waals surface area contributed by atoms with Crippen molar-refractivity contribution in [1.29, 1.82) is 0 Å². The number of aliphatic imine (C=N–C) groups is 1. The summed E-state index contributed by atoms with van der Waals surface area (Å²) >= 11 is 1.61. The molecular formula is C19H27N3OS. The molecule has 0 bridgehead atoms. The van der Waals surface area contributed by atoms with E-state index in [2.05, 4.69) is 4.90 Å². The maximum absolute atomic E-state index is 12.4. The molecule has 2 aliphatic heterocycles. The number of hydrogen-bond donors (Lipinski definition) is 0. The molecule has 2 aliphatic rings. The Morgan fingerprint density at radius 1 is 0.875 bits per heavy atom. The quantitative estimate of drug-likeness (QED) is 0.615. The van der Waals surface area contributed by atoms with Crippen molar-refractivity contribution in [1.82, 2.24) is 9.80 Å². The summed E-state index contributed by atoms with van der Waals surface area (Å²) in [5.74, 6) is 0.760. The fraction of sp³-hybridized carbons (Fsp3) is 0.579. The van der Waals surface area contributed by atoms with Crippen LogP contribution in [0.25, 0.3) is 0 Å². The van der Waals surface area contributed by atoms with Gasteiger partial charge >= 0.3 is 0 Å². The van der Waals surface area contributed by atoms with E-state index < -0.39 is 0 Å². The molecule has 0 atom stereocenters. The number of amides is 1. The van der Waals surface area contributed by atoms with E-state index in [4.69, 9.17) is 4.99 Å². The Morgan fingerprint density at radius 2 is 1.46 bits per heavy atom. The minimum Gasteiger partial charge on any atom is -0.351 e. The van der Waals surface area contributed by atoms with Crippen LogP contribution in [0.3, 0.4) is 0 Å². The third kappa shape index (κ3) is 5.00. The van der Waals surface area contributed by atoms with E-state index in [1.807, 2.05) is 35.2 Å². The summed E-state index contributed by atoms with van der Waals surface area (Å²) in [6.45, 7) is 3.95. The second-order valence-corrected chi connectivity index (χ2v) is 7.45. The SMILES string of the molecule is O=C(CSC(=Nc1ccccc1)N1CCCCCC1)N1CCCC1. The molecule has 1 aromatic rings. The maximum atomic E-state index is 12.4. The van der Waals surface area contributed by atoms with Crippen molar-refractivity contribution in [2.24, 2.45) is 4.99 Å². The van der Waals surface area contributed by atoms with E-state index in [0.29, 0.717) is 5.75 Å². The van der Waals surface area contributed by atoms with Crippen LogP contribution in [0.15, 0.2) is 35.3 Å². The van der Waals surface area contributed by atoms with Gasteiger partial charge in [0.05, 0.1) is 11.4 Å². The molecule has 0 spiro atoms. The average molecular weight is 346 g/mol. The lowest BCUT2D eigenvalue weighted by Gasteiger charge is -2.24. The summed E-state index contributed by atoms with van der Waals surface area (Å²) in [4.78, 5) is 21.6. The fourth-order valence-corrected chi connectivity index (χ4v) is 4.22. The molecule has 0 radical (unpaired) electrons. The van der Waals surface area contributed by atoms with Crippen molar-refractivity contribution in [3.8, 4) is 0 Å². The zero-order chi connectivity index (χ0) is 16.6. The third-order valence-electron chi connectivity index (χ3n) is 4.64. The lowest BCUT2D eigenvalue weighted by atomic mass is 10.2. The van der Waals surface area contributed by atoms with Gasteiger partial charge in [-0.3, -0.25) is 4.79 Å². The van der Waals surface area contributed by atoms with E-state index in [1.165, 1.54) is 25.7 Å². The molecule has 4 nitrogen and oxygen atoms in total. The largest absolute Gasteiger partial charge is 0.351 e. The molecule has 130 valence electrons. The van der Waals surface area contributed by atoms with E-state index in [0.717, 1.165) is 49.9 Å². The first-order valence-electron chi connectivity index (χ1n) is 9.12. The number of rotatable bonds is 3. The van der Waals surface area contributed by atoms with Crippen molar-refractivity contribution in [3.63, 3.8) is 0 Å². The molecule has 0 unspecified atom stereocenters. The number of amidine groups is 1. The van der Waals surface area contributed by atoms with Crippen LogP contribution in [0, 0.1) is 0 Å². The molecule has 2 heterocycles. The van der Waals surface area contributed by atoms with Crippen LogP contribution < -0.4 is 0 Å². The topological polar surface area (TPSA) is 35.9 Å². The molecule has 0 aliphatic carbocycles. The van der Waals surface area contributed by atoms with Gasteiger partial charge in [-0.2, -0.15) is 0 Å². The number of thioether (sulfide) groups is 1. The first-order chi connectivity index (χ1) is 11.8. The predicted molar refractivity (Wildman–Crippen MR) is 102 cm³/mol. The summed E-state index contributed by atoms with van der Waals surface area (Å²) in [7, 11) is 0. The first kappa shape index (κ1) is 17.3. The van der Waals surface area contributed by atoms with Gasteiger partial charge in [-0.05, 0) is 37.8 Å². The van der Waals surface area contributed by atoms with Crippen molar-refractivity contribution in [2.75, 3.05) is 31.9 Å². The van der Waals surface area contributed by atoms with Gasteiger partial charge in [0, 0.05) is 26.2 Å². The Bertz CT molecular complexity index is 547. The highest BCUT2D eigenvalue weighted by molar-refractivity contribution is 8.14. The normalized spacial score (nSPS) is 19.4. The Labute approximate surface area is 149 Å². The second-order valence-electron chi connectivity index (χ2n) is 6.51. The lowest BCUT2D eigenvalue weighted by molar-refractivity contribution is -0.127. The number of hydrogen-bond acceptors (Lipinski definition) is 3. The summed E-state index contributed by atoms with van der Waals surface area (Å²) < 4.78 is 0. The van der Waals surface area contributed by atoms with Gasteiger partial charge < -0.3 is 9.80 Å². The Kier molecular flexibility index (Phi) is 6.58. The van der Waals surface area contributed by atoms with Crippen LogP contribution in [0.2, 0.25) is 0 Å². The molecule has 24 heavy (non-hydrogen) atoms. The van der Waals surface area contributed by atoms with Gasteiger partial charge in [0.25, 0.3) is 0 Å². The third-order valence-corrected chi connectivity index (χ3v) is 5.64. The standard InChI is InChI=1S/C19H27N3OS/c23-18(21-12-8-9-13-21)16-24-19(20-17-10-4-3-5-11-17)22-14-6-1-2-7-15-22/h3-5,10-11H,1-2,6-9,12-16H2. The van der Waals surface area contributed by atoms with Crippen LogP contribution in [0.5, 0.6) is 0 Å². The number of benzene rings is 1. The van der Waals surface area contributed by atoms with Crippen molar-refractivity contribution >= 4 is 28.5 Å². The molecule has 1 aromatic carbocycles. The minimum atomic E-state index is 0.257. The number of nitrogens with zero attached hydrogens (tertiary/aromatic N) is 3. The molecular weight excluding hydrogens is 318 g/mol. The van der Waals surface area contributed by atoms with E-state index in [9.17, 15) is 4.79 Å².